The molecule has 2 nitrogen and oxygen atoms in total. The van der Waals surface area contributed by atoms with Crippen LogP contribution in [0.4, 0.5) is 5.69 Å². The van der Waals surface area contributed by atoms with Gasteiger partial charge in [0.2, 0.25) is 0 Å². The van der Waals surface area contributed by atoms with E-state index in [4.69, 9.17) is 0 Å². The van der Waals surface area contributed by atoms with Gasteiger partial charge in [-0.1, -0.05) is 18.2 Å². The van der Waals surface area contributed by atoms with Crippen LogP contribution in [0.2, 0.25) is 0 Å². The van der Waals surface area contributed by atoms with Crippen molar-refractivity contribution in [1.29, 1.82) is 0 Å². The van der Waals surface area contributed by atoms with E-state index in [0.717, 1.165) is 25.9 Å². The summed E-state index contributed by atoms with van der Waals surface area (Å²) in [5.41, 5.74) is 4.29. The van der Waals surface area contributed by atoms with E-state index >= 15 is 0 Å². The minimum atomic E-state index is 0.551. The molecule has 0 spiro atoms. The molecule has 18 heavy (non-hydrogen) atoms. The van der Waals surface area contributed by atoms with E-state index < -0.39 is 0 Å². The number of benzene rings is 1. The zero-order valence-electron chi connectivity index (χ0n) is 11.3. The van der Waals surface area contributed by atoms with Crippen LogP contribution in [-0.4, -0.2) is 12.6 Å². The van der Waals surface area contributed by atoms with Crippen molar-refractivity contribution in [3.05, 3.63) is 42.0 Å². The second kappa shape index (κ2) is 6.60. The fourth-order valence-electron chi connectivity index (χ4n) is 2.50. The van der Waals surface area contributed by atoms with E-state index in [1.807, 2.05) is 6.08 Å². The SMILES string of the molecule is C=CCCC(C)NCc1cccc2c1CCCN2. The summed E-state index contributed by atoms with van der Waals surface area (Å²) >= 11 is 0. The maximum absolute atomic E-state index is 3.77. The topological polar surface area (TPSA) is 24.1 Å². The standard InChI is InChI=1S/C16H24N2/c1-3-4-7-13(2)18-12-14-8-5-10-16-15(14)9-6-11-17-16/h3,5,8,10,13,17-18H,1,4,6-7,9,11-12H2,2H3. The first-order valence-electron chi connectivity index (χ1n) is 7.00. The number of hydrogen-bond donors (Lipinski definition) is 2. The number of rotatable bonds is 6. The minimum absolute atomic E-state index is 0.551. The quantitative estimate of drug-likeness (QED) is 0.749. The van der Waals surface area contributed by atoms with Crippen LogP contribution in [0.5, 0.6) is 0 Å². The average Bonchev–Trinajstić information content (AvgIpc) is 2.42. The summed E-state index contributed by atoms with van der Waals surface area (Å²) in [5, 5.41) is 7.09. The van der Waals surface area contributed by atoms with Gasteiger partial charge in [0.15, 0.2) is 0 Å². The van der Waals surface area contributed by atoms with Crippen LogP contribution in [0.3, 0.4) is 0 Å². The lowest BCUT2D eigenvalue weighted by molar-refractivity contribution is 0.516. The Morgan fingerprint density at radius 3 is 3.22 bits per heavy atom. The smallest absolute Gasteiger partial charge is 0.0375 e. The lowest BCUT2D eigenvalue weighted by Crippen LogP contribution is -2.26. The summed E-state index contributed by atoms with van der Waals surface area (Å²) in [6.07, 6.45) is 6.70. The number of nitrogens with one attached hydrogen (secondary N) is 2. The highest BCUT2D eigenvalue weighted by Crippen LogP contribution is 2.25. The highest BCUT2D eigenvalue weighted by Gasteiger charge is 2.12. The van der Waals surface area contributed by atoms with Gasteiger partial charge in [0.1, 0.15) is 0 Å². The maximum Gasteiger partial charge on any atom is 0.0375 e. The number of allylic oxidation sites excluding steroid dienone is 1. The monoisotopic (exact) mass is 244 g/mol. The first-order chi connectivity index (χ1) is 8.81. The Morgan fingerprint density at radius 2 is 2.39 bits per heavy atom. The molecule has 0 fully saturated rings. The normalized spacial score (nSPS) is 15.6. The van der Waals surface area contributed by atoms with E-state index in [2.05, 4.69) is 42.3 Å². The third-order valence-electron chi connectivity index (χ3n) is 3.64. The Bertz CT molecular complexity index is 398. The Hall–Kier alpha value is -1.28. The molecule has 2 heteroatoms. The molecule has 2 N–H and O–H groups in total. The van der Waals surface area contributed by atoms with Crippen LogP contribution in [0.15, 0.2) is 30.9 Å². The van der Waals surface area contributed by atoms with Crippen LogP contribution in [-0.2, 0) is 13.0 Å². The zero-order chi connectivity index (χ0) is 12.8. The van der Waals surface area contributed by atoms with Gasteiger partial charge in [0, 0.05) is 24.8 Å². The van der Waals surface area contributed by atoms with Gasteiger partial charge >= 0.3 is 0 Å². The third-order valence-corrected chi connectivity index (χ3v) is 3.64. The fourth-order valence-corrected chi connectivity index (χ4v) is 2.50. The summed E-state index contributed by atoms with van der Waals surface area (Å²) in [6, 6.07) is 7.15. The first kappa shape index (κ1) is 13.2. The van der Waals surface area contributed by atoms with E-state index in [9.17, 15) is 0 Å². The molecule has 0 saturated carbocycles. The molecule has 2 rings (SSSR count). The van der Waals surface area contributed by atoms with Gasteiger partial charge in [-0.15, -0.1) is 6.58 Å². The molecular weight excluding hydrogens is 220 g/mol. The van der Waals surface area contributed by atoms with Crippen molar-refractivity contribution in [3.8, 4) is 0 Å². The minimum Gasteiger partial charge on any atom is -0.385 e. The van der Waals surface area contributed by atoms with Crippen molar-refractivity contribution in [1.82, 2.24) is 5.32 Å². The van der Waals surface area contributed by atoms with E-state index in [0.29, 0.717) is 6.04 Å². The molecule has 0 aliphatic carbocycles. The molecule has 0 amide bonds. The van der Waals surface area contributed by atoms with Gasteiger partial charge in [-0.3, -0.25) is 0 Å². The van der Waals surface area contributed by atoms with Crippen LogP contribution >= 0.6 is 0 Å². The molecule has 0 bridgehead atoms. The molecule has 1 atom stereocenters. The molecular formula is C16H24N2. The lowest BCUT2D eigenvalue weighted by Gasteiger charge is -2.22. The van der Waals surface area contributed by atoms with E-state index in [1.54, 1.807) is 0 Å². The predicted octanol–water partition coefficient (Wildman–Crippen LogP) is 3.49. The summed E-state index contributed by atoms with van der Waals surface area (Å²) in [7, 11) is 0. The largest absolute Gasteiger partial charge is 0.385 e. The van der Waals surface area contributed by atoms with Crippen LogP contribution < -0.4 is 10.6 Å². The maximum atomic E-state index is 3.77. The van der Waals surface area contributed by atoms with E-state index in [1.165, 1.54) is 29.7 Å². The summed E-state index contributed by atoms with van der Waals surface area (Å²) < 4.78 is 0. The van der Waals surface area contributed by atoms with Crippen molar-refractivity contribution < 1.29 is 0 Å². The first-order valence-corrected chi connectivity index (χ1v) is 7.00. The van der Waals surface area contributed by atoms with Crippen LogP contribution in [0.25, 0.3) is 0 Å². The Kier molecular flexibility index (Phi) is 4.82. The highest BCUT2D eigenvalue weighted by atomic mass is 14.9. The van der Waals surface area contributed by atoms with Crippen LogP contribution in [0.1, 0.15) is 37.3 Å². The van der Waals surface area contributed by atoms with Gasteiger partial charge in [-0.2, -0.15) is 0 Å². The van der Waals surface area contributed by atoms with Crippen molar-refractivity contribution >= 4 is 5.69 Å². The molecule has 1 heterocycles. The average molecular weight is 244 g/mol. The Labute approximate surface area is 110 Å². The molecule has 0 aromatic heterocycles. The number of fused-ring (bicyclic) bond motifs is 1. The zero-order valence-corrected chi connectivity index (χ0v) is 11.3. The van der Waals surface area contributed by atoms with Gasteiger partial charge in [-0.25, -0.2) is 0 Å². The van der Waals surface area contributed by atoms with E-state index in [-0.39, 0.29) is 0 Å². The summed E-state index contributed by atoms with van der Waals surface area (Å²) in [6.45, 7) is 8.11. The Balaban J connectivity index is 1.95. The summed E-state index contributed by atoms with van der Waals surface area (Å²) in [4.78, 5) is 0. The molecule has 98 valence electrons. The highest BCUT2D eigenvalue weighted by molar-refractivity contribution is 5.56. The van der Waals surface area contributed by atoms with Gasteiger partial charge in [0.05, 0.1) is 0 Å². The molecule has 1 aromatic carbocycles. The Morgan fingerprint density at radius 1 is 1.50 bits per heavy atom. The second-order valence-corrected chi connectivity index (χ2v) is 5.12. The van der Waals surface area contributed by atoms with Crippen molar-refractivity contribution in [2.75, 3.05) is 11.9 Å². The van der Waals surface area contributed by atoms with Crippen molar-refractivity contribution in [3.63, 3.8) is 0 Å². The van der Waals surface area contributed by atoms with Gasteiger partial charge in [-0.05, 0) is 49.8 Å². The molecule has 0 radical (unpaired) electrons. The van der Waals surface area contributed by atoms with Crippen molar-refractivity contribution in [2.24, 2.45) is 0 Å². The lowest BCUT2D eigenvalue weighted by atomic mass is 9.97. The van der Waals surface area contributed by atoms with Gasteiger partial charge < -0.3 is 10.6 Å². The third kappa shape index (κ3) is 3.36. The van der Waals surface area contributed by atoms with Crippen LogP contribution in [0, 0.1) is 0 Å². The molecule has 1 aromatic rings. The molecule has 1 aliphatic heterocycles. The second-order valence-electron chi connectivity index (χ2n) is 5.12. The summed E-state index contributed by atoms with van der Waals surface area (Å²) in [5.74, 6) is 0. The fraction of sp³-hybridized carbons (Fsp3) is 0.500. The molecule has 1 unspecified atom stereocenters. The predicted molar refractivity (Wildman–Crippen MR) is 79.0 cm³/mol. The number of hydrogen-bond acceptors (Lipinski definition) is 2. The molecule has 1 aliphatic rings. The van der Waals surface area contributed by atoms with Gasteiger partial charge in [0.25, 0.3) is 0 Å². The number of anilines is 1. The molecule has 0 saturated heterocycles. The van der Waals surface area contributed by atoms with Crippen molar-refractivity contribution in [2.45, 2.75) is 45.2 Å².